The van der Waals surface area contributed by atoms with E-state index in [1.807, 2.05) is 13.1 Å². The monoisotopic (exact) mass is 293 g/mol. The molecule has 21 heavy (non-hydrogen) atoms. The molecule has 2 aliphatic rings. The number of nitrogens with zero attached hydrogens (tertiary/aromatic N) is 2. The average Bonchev–Trinajstić information content (AvgIpc) is 3.17. The van der Waals surface area contributed by atoms with Gasteiger partial charge in [0.15, 0.2) is 0 Å². The highest BCUT2D eigenvalue weighted by molar-refractivity contribution is 5.79. The summed E-state index contributed by atoms with van der Waals surface area (Å²) < 4.78 is 13.4. The van der Waals surface area contributed by atoms with Crippen LogP contribution in [0.25, 0.3) is 0 Å². The van der Waals surface area contributed by atoms with Gasteiger partial charge in [0.05, 0.1) is 18.1 Å². The minimum absolute atomic E-state index is 0.00185. The number of aromatic nitrogens is 2. The topological polar surface area (TPSA) is 65.4 Å². The lowest BCUT2D eigenvalue weighted by atomic mass is 10.0. The van der Waals surface area contributed by atoms with Crippen molar-refractivity contribution < 1.29 is 14.3 Å². The van der Waals surface area contributed by atoms with Gasteiger partial charge in [-0.15, -0.1) is 0 Å². The zero-order chi connectivity index (χ0) is 14.8. The molecule has 0 radical (unpaired) electrons. The van der Waals surface area contributed by atoms with Gasteiger partial charge < -0.3 is 19.4 Å². The minimum Gasteiger partial charge on any atom is -0.378 e. The first-order valence-corrected chi connectivity index (χ1v) is 7.75. The molecule has 0 aliphatic carbocycles. The predicted octanol–water partition coefficient (Wildman–Crippen LogP) is 1.27. The Balaban J connectivity index is 1.68. The Hall–Kier alpha value is -1.40. The molecule has 4 atom stereocenters. The molecule has 1 aromatic heterocycles. The fourth-order valence-corrected chi connectivity index (χ4v) is 3.20. The molecule has 6 heteroatoms. The van der Waals surface area contributed by atoms with Crippen molar-refractivity contribution in [1.29, 1.82) is 0 Å². The summed E-state index contributed by atoms with van der Waals surface area (Å²) in [4.78, 5) is 16.8. The van der Waals surface area contributed by atoms with Crippen molar-refractivity contribution in [3.63, 3.8) is 0 Å². The van der Waals surface area contributed by atoms with Crippen LogP contribution >= 0.6 is 0 Å². The Morgan fingerprint density at radius 2 is 2.24 bits per heavy atom. The van der Waals surface area contributed by atoms with E-state index in [0.717, 1.165) is 25.2 Å². The molecular weight excluding hydrogens is 270 g/mol. The standard InChI is InChI=1S/C15H23N3O3/c1-3-18-7-6-16-14(18)13-12(5-9-21-13)17-15(19)11-4-8-20-10(11)2/h6-7,10-13H,3-5,8-9H2,1-2H3,(H,17,19)/t10-,11+,12-,13-/m0/s1. The van der Waals surface area contributed by atoms with E-state index in [9.17, 15) is 4.79 Å². The first-order valence-electron chi connectivity index (χ1n) is 7.75. The van der Waals surface area contributed by atoms with E-state index in [1.165, 1.54) is 0 Å². The van der Waals surface area contributed by atoms with Crippen LogP contribution in [0.15, 0.2) is 12.4 Å². The predicted molar refractivity (Wildman–Crippen MR) is 76.7 cm³/mol. The average molecular weight is 293 g/mol. The lowest BCUT2D eigenvalue weighted by molar-refractivity contribution is -0.127. The Kier molecular flexibility index (Phi) is 4.26. The number of imidazole rings is 1. The highest BCUT2D eigenvalue weighted by atomic mass is 16.5. The summed E-state index contributed by atoms with van der Waals surface area (Å²) in [7, 11) is 0. The van der Waals surface area contributed by atoms with E-state index < -0.39 is 0 Å². The number of ether oxygens (including phenoxy) is 2. The molecule has 0 spiro atoms. The highest BCUT2D eigenvalue weighted by Crippen LogP contribution is 2.29. The number of carbonyl (C=O) groups is 1. The molecular formula is C15H23N3O3. The first kappa shape index (κ1) is 14.5. The smallest absolute Gasteiger partial charge is 0.226 e. The van der Waals surface area contributed by atoms with Crippen LogP contribution in [0.2, 0.25) is 0 Å². The van der Waals surface area contributed by atoms with Crippen LogP contribution in [0.1, 0.15) is 38.6 Å². The van der Waals surface area contributed by atoms with Crippen LogP contribution in [0.3, 0.4) is 0 Å². The Morgan fingerprint density at radius 3 is 2.95 bits per heavy atom. The summed E-state index contributed by atoms with van der Waals surface area (Å²) in [5.41, 5.74) is 0. The van der Waals surface area contributed by atoms with Crippen LogP contribution in [0.5, 0.6) is 0 Å². The van der Waals surface area contributed by atoms with Gasteiger partial charge in [0.1, 0.15) is 11.9 Å². The lowest BCUT2D eigenvalue weighted by Crippen LogP contribution is -2.42. The third kappa shape index (κ3) is 2.82. The Bertz CT molecular complexity index is 502. The molecule has 2 fully saturated rings. The van der Waals surface area contributed by atoms with E-state index in [4.69, 9.17) is 9.47 Å². The second-order valence-corrected chi connectivity index (χ2v) is 5.74. The van der Waals surface area contributed by atoms with Crippen molar-refractivity contribution >= 4 is 5.91 Å². The molecule has 1 aromatic rings. The summed E-state index contributed by atoms with van der Waals surface area (Å²) in [6.07, 6.45) is 5.21. The van der Waals surface area contributed by atoms with Gasteiger partial charge >= 0.3 is 0 Å². The minimum atomic E-state index is -0.151. The Labute approximate surface area is 124 Å². The third-order valence-electron chi connectivity index (χ3n) is 4.48. The van der Waals surface area contributed by atoms with Gasteiger partial charge in [-0.25, -0.2) is 4.98 Å². The van der Waals surface area contributed by atoms with Crippen LogP contribution < -0.4 is 5.32 Å². The van der Waals surface area contributed by atoms with Crippen molar-refractivity contribution in [3.05, 3.63) is 18.2 Å². The number of rotatable bonds is 4. The summed E-state index contributed by atoms with van der Waals surface area (Å²) in [6, 6.07) is -0.00185. The molecule has 3 rings (SSSR count). The van der Waals surface area contributed by atoms with Gasteiger partial charge in [-0.1, -0.05) is 0 Å². The molecule has 2 saturated heterocycles. The molecule has 0 bridgehead atoms. The normalized spacial score (nSPS) is 32.5. The maximum Gasteiger partial charge on any atom is 0.226 e. The maximum absolute atomic E-state index is 12.4. The number of amides is 1. The second-order valence-electron chi connectivity index (χ2n) is 5.74. The molecule has 2 aliphatic heterocycles. The lowest BCUT2D eigenvalue weighted by Gasteiger charge is -2.22. The van der Waals surface area contributed by atoms with Crippen molar-refractivity contribution in [2.45, 2.75) is 51.5 Å². The van der Waals surface area contributed by atoms with Crippen molar-refractivity contribution in [2.75, 3.05) is 13.2 Å². The van der Waals surface area contributed by atoms with E-state index in [1.54, 1.807) is 6.20 Å². The number of hydrogen-bond acceptors (Lipinski definition) is 4. The number of aryl methyl sites for hydroxylation is 1. The van der Waals surface area contributed by atoms with Gasteiger partial charge in [0, 0.05) is 32.2 Å². The fraction of sp³-hybridized carbons (Fsp3) is 0.733. The van der Waals surface area contributed by atoms with Crippen molar-refractivity contribution in [2.24, 2.45) is 5.92 Å². The third-order valence-corrected chi connectivity index (χ3v) is 4.48. The highest BCUT2D eigenvalue weighted by Gasteiger charge is 2.37. The summed E-state index contributed by atoms with van der Waals surface area (Å²) >= 11 is 0. The molecule has 0 aromatic carbocycles. The number of hydrogen-bond donors (Lipinski definition) is 1. The summed E-state index contributed by atoms with van der Waals surface area (Å²) in [6.45, 7) is 6.21. The molecule has 0 saturated carbocycles. The van der Waals surface area contributed by atoms with E-state index in [-0.39, 0.29) is 30.1 Å². The molecule has 6 nitrogen and oxygen atoms in total. The van der Waals surface area contributed by atoms with Crippen LogP contribution in [0, 0.1) is 5.92 Å². The van der Waals surface area contributed by atoms with Gasteiger partial charge in [0.25, 0.3) is 0 Å². The molecule has 1 amide bonds. The van der Waals surface area contributed by atoms with Gasteiger partial charge in [0.2, 0.25) is 5.91 Å². The largest absolute Gasteiger partial charge is 0.378 e. The van der Waals surface area contributed by atoms with Gasteiger partial charge in [-0.3, -0.25) is 4.79 Å². The maximum atomic E-state index is 12.4. The first-order chi connectivity index (χ1) is 10.2. The molecule has 1 N–H and O–H groups in total. The second kappa shape index (κ2) is 6.15. The zero-order valence-corrected chi connectivity index (χ0v) is 12.6. The molecule has 116 valence electrons. The van der Waals surface area contributed by atoms with Crippen LogP contribution in [-0.2, 0) is 20.8 Å². The number of carbonyl (C=O) groups excluding carboxylic acids is 1. The summed E-state index contributed by atoms with van der Waals surface area (Å²) in [5, 5.41) is 3.14. The van der Waals surface area contributed by atoms with Crippen LogP contribution in [0.4, 0.5) is 0 Å². The molecule has 0 unspecified atom stereocenters. The van der Waals surface area contributed by atoms with Crippen molar-refractivity contribution in [3.8, 4) is 0 Å². The number of nitrogens with one attached hydrogen (secondary N) is 1. The van der Waals surface area contributed by atoms with Gasteiger partial charge in [-0.05, 0) is 26.7 Å². The van der Waals surface area contributed by atoms with Crippen LogP contribution in [-0.4, -0.2) is 40.8 Å². The van der Waals surface area contributed by atoms with Crippen molar-refractivity contribution in [1.82, 2.24) is 14.9 Å². The van der Waals surface area contributed by atoms with E-state index in [2.05, 4.69) is 21.8 Å². The quantitative estimate of drug-likeness (QED) is 0.908. The van der Waals surface area contributed by atoms with E-state index in [0.29, 0.717) is 13.2 Å². The fourth-order valence-electron chi connectivity index (χ4n) is 3.20. The zero-order valence-electron chi connectivity index (χ0n) is 12.6. The molecule has 3 heterocycles. The summed E-state index contributed by atoms with van der Waals surface area (Å²) in [5.74, 6) is 0.934. The Morgan fingerprint density at radius 1 is 1.43 bits per heavy atom. The van der Waals surface area contributed by atoms with Gasteiger partial charge in [-0.2, -0.15) is 0 Å². The SMILES string of the molecule is CCn1ccnc1[C@H]1OCC[C@@H]1NC(=O)[C@@H]1CCO[C@H]1C. The van der Waals surface area contributed by atoms with E-state index >= 15 is 0 Å².